The molecule has 190 valence electrons. The molecule has 4 aromatic rings. The van der Waals surface area contributed by atoms with Gasteiger partial charge in [-0.3, -0.25) is 4.79 Å². The maximum absolute atomic E-state index is 13.1. The largest absolute Gasteiger partial charge is 0.496 e. The Bertz CT molecular complexity index is 1430. The molecule has 8 nitrogen and oxygen atoms in total. The summed E-state index contributed by atoms with van der Waals surface area (Å²) >= 11 is 6.44. The van der Waals surface area contributed by atoms with Crippen LogP contribution in [0, 0.1) is 6.92 Å². The monoisotopic (exact) mass is 520 g/mol. The lowest BCUT2D eigenvalue weighted by Crippen LogP contribution is -2.27. The van der Waals surface area contributed by atoms with Crippen LogP contribution in [0.15, 0.2) is 71.3 Å². The Labute approximate surface area is 219 Å². The topological polar surface area (TPSA) is 102 Å². The van der Waals surface area contributed by atoms with Crippen molar-refractivity contribution in [3.05, 3.63) is 83.0 Å². The first-order valence-electron chi connectivity index (χ1n) is 11.5. The summed E-state index contributed by atoms with van der Waals surface area (Å²) in [6.07, 6.45) is -0.707. The zero-order valence-corrected chi connectivity index (χ0v) is 21.3. The third kappa shape index (κ3) is 5.44. The van der Waals surface area contributed by atoms with Gasteiger partial charge in [0.25, 0.3) is 0 Å². The van der Waals surface area contributed by atoms with E-state index < -0.39 is 12.1 Å². The van der Waals surface area contributed by atoms with Gasteiger partial charge in [0.1, 0.15) is 17.1 Å². The first-order chi connectivity index (χ1) is 17.8. The summed E-state index contributed by atoms with van der Waals surface area (Å²) in [6.45, 7) is 3.64. The van der Waals surface area contributed by atoms with Crippen molar-refractivity contribution in [2.75, 3.05) is 18.6 Å². The van der Waals surface area contributed by atoms with Crippen LogP contribution < -0.4 is 9.64 Å². The van der Waals surface area contributed by atoms with E-state index in [9.17, 15) is 9.59 Å². The number of hydrogen-bond donors (Lipinski definition) is 1. The van der Waals surface area contributed by atoms with E-state index in [1.54, 1.807) is 63.4 Å². The molecule has 0 unspecified atom stereocenters. The van der Waals surface area contributed by atoms with Crippen LogP contribution in [-0.4, -0.2) is 36.0 Å². The molecule has 9 heteroatoms. The summed E-state index contributed by atoms with van der Waals surface area (Å²) in [7, 11) is 1.56. The van der Waals surface area contributed by atoms with Crippen molar-refractivity contribution in [1.29, 1.82) is 0 Å². The molecule has 1 amide bonds. The van der Waals surface area contributed by atoms with Gasteiger partial charge in [0.2, 0.25) is 0 Å². The number of anilines is 2. The maximum atomic E-state index is 13.1. The number of ether oxygens (including phenoxy) is 2. The molecule has 0 saturated carbocycles. The zero-order valence-electron chi connectivity index (χ0n) is 20.5. The van der Waals surface area contributed by atoms with E-state index in [1.807, 2.05) is 24.3 Å². The molecule has 0 spiro atoms. The van der Waals surface area contributed by atoms with Crippen molar-refractivity contribution in [3.8, 4) is 28.2 Å². The van der Waals surface area contributed by atoms with E-state index >= 15 is 0 Å². The number of benzene rings is 3. The molecular weight excluding hydrogens is 496 g/mol. The normalized spacial score (nSPS) is 10.7. The van der Waals surface area contributed by atoms with Crippen molar-refractivity contribution in [1.82, 2.24) is 5.16 Å². The molecule has 0 aliphatic carbocycles. The minimum absolute atomic E-state index is 0.0957. The van der Waals surface area contributed by atoms with Gasteiger partial charge in [-0.05, 0) is 49.2 Å². The number of rotatable bonds is 8. The average Bonchev–Trinajstić information content (AvgIpc) is 3.26. The number of carbonyl (C=O) groups excluding carboxylic acids is 1. The summed E-state index contributed by atoms with van der Waals surface area (Å²) < 4.78 is 16.5. The summed E-state index contributed by atoms with van der Waals surface area (Å²) in [4.78, 5) is 25.6. The summed E-state index contributed by atoms with van der Waals surface area (Å²) in [5, 5.41) is 13.7. The highest BCUT2D eigenvalue weighted by Gasteiger charge is 2.30. The van der Waals surface area contributed by atoms with Gasteiger partial charge in [-0.15, -0.1) is 0 Å². The van der Waals surface area contributed by atoms with Crippen LogP contribution in [0.4, 0.5) is 16.2 Å². The van der Waals surface area contributed by atoms with Gasteiger partial charge >= 0.3 is 12.1 Å². The molecule has 4 rings (SSSR count). The Morgan fingerprint density at radius 3 is 2.41 bits per heavy atom. The Balaban J connectivity index is 1.78. The highest BCUT2D eigenvalue weighted by atomic mass is 35.5. The summed E-state index contributed by atoms with van der Waals surface area (Å²) in [5.74, 6) is 0.0678. The number of carbonyl (C=O) groups is 2. The number of aryl methyl sites for hydroxylation is 1. The molecule has 0 radical (unpaired) electrons. The molecule has 1 aromatic heterocycles. The highest BCUT2D eigenvalue weighted by Crippen LogP contribution is 2.41. The lowest BCUT2D eigenvalue weighted by atomic mass is 9.98. The van der Waals surface area contributed by atoms with Gasteiger partial charge in [0.15, 0.2) is 5.76 Å². The van der Waals surface area contributed by atoms with E-state index in [2.05, 4.69) is 5.16 Å². The van der Waals surface area contributed by atoms with Crippen molar-refractivity contribution in [2.24, 2.45) is 0 Å². The van der Waals surface area contributed by atoms with Crippen LogP contribution in [-0.2, 0) is 16.0 Å². The number of nitrogens with zero attached hydrogens (tertiary/aromatic N) is 2. The predicted octanol–water partition coefficient (Wildman–Crippen LogP) is 6.90. The minimum atomic E-state index is -0.913. The number of amides is 1. The fraction of sp³-hybridized carbons (Fsp3) is 0.179. The lowest BCUT2D eigenvalue weighted by molar-refractivity contribution is -0.136. The third-order valence-corrected chi connectivity index (χ3v) is 6.00. The molecule has 0 aliphatic rings. The van der Waals surface area contributed by atoms with Gasteiger partial charge in [-0.1, -0.05) is 59.2 Å². The second kappa shape index (κ2) is 11.2. The number of aliphatic carboxylic acids is 1. The van der Waals surface area contributed by atoms with Crippen molar-refractivity contribution in [2.45, 2.75) is 20.3 Å². The standard InChI is InChI=1S/C28H25ClN2O6/c1-4-36-28(34)31(23-8-6-5-7-22(23)29)26-17(2)30-37-27(26)20-12-10-19(11-13-20)21-15-18(16-25(32)33)9-14-24(21)35-3/h5-15H,4,16H2,1-3H3,(H,32,33). The fourth-order valence-electron chi connectivity index (χ4n) is 4.02. The average molecular weight is 521 g/mol. The van der Waals surface area contributed by atoms with Gasteiger partial charge < -0.3 is 19.1 Å². The van der Waals surface area contributed by atoms with E-state index in [1.165, 1.54) is 4.90 Å². The van der Waals surface area contributed by atoms with E-state index in [0.29, 0.717) is 44.7 Å². The molecule has 3 aromatic carbocycles. The number of hydrogen-bond acceptors (Lipinski definition) is 6. The van der Waals surface area contributed by atoms with Crippen LogP contribution in [0.1, 0.15) is 18.2 Å². The van der Waals surface area contributed by atoms with Crippen LogP contribution in [0.3, 0.4) is 0 Å². The minimum Gasteiger partial charge on any atom is -0.496 e. The number of para-hydroxylation sites is 1. The number of methoxy groups -OCH3 is 1. The molecule has 0 fully saturated rings. The van der Waals surface area contributed by atoms with Crippen molar-refractivity contribution in [3.63, 3.8) is 0 Å². The number of carboxylic acids is 1. The SMILES string of the molecule is CCOC(=O)N(c1ccccc1Cl)c1c(C)noc1-c1ccc(-c2cc(CC(=O)O)ccc2OC)cc1. The number of aromatic nitrogens is 1. The Morgan fingerprint density at radius 1 is 1.05 bits per heavy atom. The molecule has 1 N–H and O–H groups in total. The number of halogens is 1. The van der Waals surface area contributed by atoms with Gasteiger partial charge in [0, 0.05) is 11.1 Å². The van der Waals surface area contributed by atoms with E-state index in [0.717, 1.165) is 11.1 Å². The van der Waals surface area contributed by atoms with Crippen LogP contribution >= 0.6 is 11.6 Å². The predicted molar refractivity (Wildman–Crippen MR) is 141 cm³/mol. The summed E-state index contributed by atoms with van der Waals surface area (Å²) in [6, 6.07) is 19.6. The Kier molecular flexibility index (Phi) is 7.79. The van der Waals surface area contributed by atoms with E-state index in [4.69, 9.17) is 30.7 Å². The summed E-state index contributed by atoms with van der Waals surface area (Å²) in [5.41, 5.74) is 4.24. The highest BCUT2D eigenvalue weighted by molar-refractivity contribution is 6.34. The first-order valence-corrected chi connectivity index (χ1v) is 11.9. The second-order valence-electron chi connectivity index (χ2n) is 8.11. The fourth-order valence-corrected chi connectivity index (χ4v) is 4.24. The Morgan fingerprint density at radius 2 is 1.76 bits per heavy atom. The lowest BCUT2D eigenvalue weighted by Gasteiger charge is -2.23. The second-order valence-corrected chi connectivity index (χ2v) is 8.52. The van der Waals surface area contributed by atoms with Gasteiger partial charge in [0.05, 0.1) is 30.8 Å². The third-order valence-electron chi connectivity index (χ3n) is 5.68. The zero-order chi connectivity index (χ0) is 26.5. The van der Waals surface area contributed by atoms with Crippen LogP contribution in [0.2, 0.25) is 5.02 Å². The molecule has 0 aliphatic heterocycles. The molecular formula is C28H25ClN2O6. The maximum Gasteiger partial charge on any atom is 0.419 e. The van der Waals surface area contributed by atoms with Gasteiger partial charge in [-0.2, -0.15) is 0 Å². The first kappa shape index (κ1) is 25.8. The van der Waals surface area contributed by atoms with Crippen LogP contribution in [0.25, 0.3) is 22.5 Å². The molecule has 1 heterocycles. The smallest absolute Gasteiger partial charge is 0.419 e. The Hall–Kier alpha value is -4.30. The van der Waals surface area contributed by atoms with Crippen LogP contribution in [0.5, 0.6) is 5.75 Å². The molecule has 0 saturated heterocycles. The molecule has 0 bridgehead atoms. The van der Waals surface area contributed by atoms with Gasteiger partial charge in [-0.25, -0.2) is 9.69 Å². The number of carboxylic acid groups (broad SMARTS) is 1. The molecule has 37 heavy (non-hydrogen) atoms. The van der Waals surface area contributed by atoms with Crippen molar-refractivity contribution < 1.29 is 28.7 Å². The van der Waals surface area contributed by atoms with Crippen molar-refractivity contribution >= 4 is 35.0 Å². The molecule has 0 atom stereocenters. The van der Waals surface area contributed by atoms with E-state index in [-0.39, 0.29) is 13.0 Å². The quantitative estimate of drug-likeness (QED) is 0.269.